The summed E-state index contributed by atoms with van der Waals surface area (Å²) < 4.78 is 11.2. The van der Waals surface area contributed by atoms with Crippen molar-refractivity contribution in [2.75, 3.05) is 40.4 Å². The highest BCUT2D eigenvalue weighted by molar-refractivity contribution is 6.42. The molecule has 2 aromatic rings. The summed E-state index contributed by atoms with van der Waals surface area (Å²) in [6.07, 6.45) is 1.09. The van der Waals surface area contributed by atoms with E-state index in [2.05, 4.69) is 16.3 Å². The molecule has 0 aliphatic carbocycles. The molecule has 1 aliphatic heterocycles. The van der Waals surface area contributed by atoms with Crippen molar-refractivity contribution >= 4 is 23.2 Å². The SMILES string of the molecule is COc1cccc(C(c2ccc(Cl)c(Cl)c2)N2CCCNCC2)c1OC. The maximum atomic E-state index is 6.33. The molecule has 0 bridgehead atoms. The van der Waals surface area contributed by atoms with Gasteiger partial charge >= 0.3 is 0 Å². The predicted octanol–water partition coefficient (Wildman–Crippen LogP) is 4.40. The highest BCUT2D eigenvalue weighted by Crippen LogP contribution is 2.41. The van der Waals surface area contributed by atoms with Crippen LogP contribution in [0, 0.1) is 0 Å². The number of ether oxygens (including phenoxy) is 2. The summed E-state index contributed by atoms with van der Waals surface area (Å²) in [5, 5.41) is 4.58. The second-order valence-electron chi connectivity index (χ2n) is 6.30. The Kier molecular flexibility index (Phi) is 6.65. The van der Waals surface area contributed by atoms with E-state index in [0.29, 0.717) is 10.0 Å². The number of rotatable bonds is 5. The lowest BCUT2D eigenvalue weighted by atomic mass is 9.95. The minimum absolute atomic E-state index is 0.00900. The van der Waals surface area contributed by atoms with Crippen molar-refractivity contribution in [2.45, 2.75) is 12.5 Å². The lowest BCUT2D eigenvalue weighted by Crippen LogP contribution is -2.33. The summed E-state index contributed by atoms with van der Waals surface area (Å²) in [4.78, 5) is 2.46. The van der Waals surface area contributed by atoms with Crippen LogP contribution in [0.3, 0.4) is 0 Å². The van der Waals surface area contributed by atoms with E-state index < -0.39 is 0 Å². The summed E-state index contributed by atoms with van der Waals surface area (Å²) in [5.41, 5.74) is 2.15. The molecule has 140 valence electrons. The maximum Gasteiger partial charge on any atom is 0.165 e. The van der Waals surface area contributed by atoms with Crippen molar-refractivity contribution in [1.82, 2.24) is 10.2 Å². The molecule has 1 N–H and O–H groups in total. The van der Waals surface area contributed by atoms with Gasteiger partial charge in [-0.05, 0) is 36.7 Å². The van der Waals surface area contributed by atoms with Crippen LogP contribution in [0.5, 0.6) is 11.5 Å². The van der Waals surface area contributed by atoms with Crippen LogP contribution >= 0.6 is 23.2 Å². The van der Waals surface area contributed by atoms with Crippen LogP contribution in [0.15, 0.2) is 36.4 Å². The van der Waals surface area contributed by atoms with Crippen LogP contribution in [0.4, 0.5) is 0 Å². The predicted molar refractivity (Wildman–Crippen MR) is 107 cm³/mol. The minimum atomic E-state index is 0.00900. The largest absolute Gasteiger partial charge is 0.493 e. The van der Waals surface area contributed by atoms with Crippen molar-refractivity contribution < 1.29 is 9.47 Å². The zero-order chi connectivity index (χ0) is 18.5. The molecule has 1 unspecified atom stereocenters. The molecule has 1 saturated heterocycles. The van der Waals surface area contributed by atoms with Gasteiger partial charge in [0.25, 0.3) is 0 Å². The van der Waals surface area contributed by atoms with Crippen LogP contribution in [-0.4, -0.2) is 45.3 Å². The molecule has 26 heavy (non-hydrogen) atoms. The van der Waals surface area contributed by atoms with E-state index in [-0.39, 0.29) is 6.04 Å². The number of benzene rings is 2. The third kappa shape index (κ3) is 4.09. The van der Waals surface area contributed by atoms with Gasteiger partial charge in [-0.2, -0.15) is 0 Å². The van der Waals surface area contributed by atoms with Crippen LogP contribution < -0.4 is 14.8 Å². The third-order valence-corrected chi connectivity index (χ3v) is 5.47. The van der Waals surface area contributed by atoms with Crippen LogP contribution in [0.25, 0.3) is 0 Å². The van der Waals surface area contributed by atoms with Gasteiger partial charge in [-0.25, -0.2) is 0 Å². The van der Waals surface area contributed by atoms with E-state index in [1.807, 2.05) is 30.3 Å². The summed E-state index contributed by atoms with van der Waals surface area (Å²) in [6, 6.07) is 11.9. The average molecular weight is 395 g/mol. The fourth-order valence-electron chi connectivity index (χ4n) is 3.52. The Hall–Kier alpha value is -1.46. The normalized spacial score (nSPS) is 16.8. The molecule has 1 heterocycles. The number of hydrogen-bond acceptors (Lipinski definition) is 4. The number of hydrogen-bond donors (Lipinski definition) is 1. The summed E-state index contributed by atoms with van der Waals surface area (Å²) >= 11 is 12.5. The summed E-state index contributed by atoms with van der Waals surface area (Å²) in [7, 11) is 3.34. The van der Waals surface area contributed by atoms with Crippen LogP contribution in [0.2, 0.25) is 10.0 Å². The first kappa shape index (κ1) is 19.3. The molecule has 1 fully saturated rings. The maximum absolute atomic E-state index is 6.33. The number of nitrogens with one attached hydrogen (secondary N) is 1. The standard InChI is InChI=1S/C20H24Cl2N2O2/c1-25-18-6-3-5-15(20(18)26-2)19(24-11-4-9-23-10-12-24)14-7-8-16(21)17(22)13-14/h3,5-8,13,19,23H,4,9-12H2,1-2H3. The first-order valence-electron chi connectivity index (χ1n) is 8.76. The third-order valence-electron chi connectivity index (χ3n) is 4.73. The molecule has 0 saturated carbocycles. The fraction of sp³-hybridized carbons (Fsp3) is 0.400. The van der Waals surface area contributed by atoms with Gasteiger partial charge in [0, 0.05) is 25.2 Å². The van der Waals surface area contributed by atoms with Gasteiger partial charge in [-0.1, -0.05) is 41.4 Å². The first-order chi connectivity index (χ1) is 12.7. The second-order valence-corrected chi connectivity index (χ2v) is 7.11. The highest BCUT2D eigenvalue weighted by atomic mass is 35.5. The first-order valence-corrected chi connectivity index (χ1v) is 9.52. The van der Waals surface area contributed by atoms with Gasteiger partial charge < -0.3 is 14.8 Å². The van der Waals surface area contributed by atoms with E-state index in [1.165, 1.54) is 0 Å². The minimum Gasteiger partial charge on any atom is -0.493 e. The Bertz CT molecular complexity index is 747. The van der Waals surface area contributed by atoms with Crippen molar-refractivity contribution in [3.8, 4) is 11.5 Å². The van der Waals surface area contributed by atoms with Crippen LogP contribution in [-0.2, 0) is 0 Å². The molecule has 0 aromatic heterocycles. The molecule has 1 atom stereocenters. The van der Waals surface area contributed by atoms with E-state index in [1.54, 1.807) is 14.2 Å². The molecule has 3 rings (SSSR count). The van der Waals surface area contributed by atoms with Crippen molar-refractivity contribution in [3.05, 3.63) is 57.6 Å². The van der Waals surface area contributed by atoms with Gasteiger partial charge in [0.2, 0.25) is 0 Å². The quantitative estimate of drug-likeness (QED) is 0.814. The summed E-state index contributed by atoms with van der Waals surface area (Å²) in [6.45, 7) is 3.90. The van der Waals surface area contributed by atoms with Crippen LogP contribution in [0.1, 0.15) is 23.6 Å². The second kappa shape index (κ2) is 8.96. The van der Waals surface area contributed by atoms with E-state index >= 15 is 0 Å². The lowest BCUT2D eigenvalue weighted by Gasteiger charge is -2.32. The van der Waals surface area contributed by atoms with E-state index in [0.717, 1.165) is 55.2 Å². The topological polar surface area (TPSA) is 33.7 Å². The molecule has 0 spiro atoms. The van der Waals surface area contributed by atoms with E-state index in [4.69, 9.17) is 32.7 Å². The number of methoxy groups -OCH3 is 2. The molecular weight excluding hydrogens is 371 g/mol. The zero-order valence-electron chi connectivity index (χ0n) is 15.1. The molecule has 0 radical (unpaired) electrons. The monoisotopic (exact) mass is 394 g/mol. The van der Waals surface area contributed by atoms with Crippen molar-refractivity contribution in [3.63, 3.8) is 0 Å². The smallest absolute Gasteiger partial charge is 0.165 e. The lowest BCUT2D eigenvalue weighted by molar-refractivity contribution is 0.234. The molecule has 1 aliphatic rings. The molecule has 4 nitrogen and oxygen atoms in total. The molecule has 6 heteroatoms. The van der Waals surface area contributed by atoms with Crippen molar-refractivity contribution in [2.24, 2.45) is 0 Å². The number of halogens is 2. The van der Waals surface area contributed by atoms with Gasteiger partial charge in [0.15, 0.2) is 11.5 Å². The Morgan fingerprint density at radius 1 is 1.00 bits per heavy atom. The number of nitrogens with zero attached hydrogens (tertiary/aromatic N) is 1. The molecular formula is C20H24Cl2N2O2. The highest BCUT2D eigenvalue weighted by Gasteiger charge is 2.27. The van der Waals surface area contributed by atoms with Crippen molar-refractivity contribution in [1.29, 1.82) is 0 Å². The Morgan fingerprint density at radius 2 is 1.85 bits per heavy atom. The molecule has 2 aromatic carbocycles. The Balaban J connectivity index is 2.12. The van der Waals surface area contributed by atoms with E-state index in [9.17, 15) is 0 Å². The zero-order valence-corrected chi connectivity index (χ0v) is 16.6. The van der Waals surface area contributed by atoms with Gasteiger partial charge in [0.05, 0.1) is 30.3 Å². The van der Waals surface area contributed by atoms with Gasteiger partial charge in [-0.3, -0.25) is 4.90 Å². The molecule has 0 amide bonds. The summed E-state index contributed by atoms with van der Waals surface area (Å²) in [5.74, 6) is 1.48. The number of para-hydroxylation sites is 1. The fourth-order valence-corrected chi connectivity index (χ4v) is 3.83. The average Bonchev–Trinajstić information content (AvgIpc) is 2.94. The van der Waals surface area contributed by atoms with Gasteiger partial charge in [0.1, 0.15) is 0 Å². The Labute approximate surface area is 165 Å². The van der Waals surface area contributed by atoms with Gasteiger partial charge in [-0.15, -0.1) is 0 Å². The Morgan fingerprint density at radius 3 is 2.58 bits per heavy atom.